The lowest BCUT2D eigenvalue weighted by Crippen LogP contribution is -2.31. The summed E-state index contributed by atoms with van der Waals surface area (Å²) in [6, 6.07) is 1.77. The number of hydrogen-bond donors (Lipinski definition) is 2. The van der Waals surface area contributed by atoms with Gasteiger partial charge in [-0.2, -0.15) is 0 Å². The highest BCUT2D eigenvalue weighted by molar-refractivity contribution is 6.01. The van der Waals surface area contributed by atoms with E-state index in [1.54, 1.807) is 18.5 Å². The minimum Gasteiger partial charge on any atom is -0.409 e. The third kappa shape index (κ3) is 2.49. The molecule has 0 saturated heterocycles. The summed E-state index contributed by atoms with van der Waals surface area (Å²) in [4.78, 5) is 6.23. The zero-order valence-corrected chi connectivity index (χ0v) is 10.0. The van der Waals surface area contributed by atoms with Crippen LogP contribution in [-0.2, 0) is 0 Å². The first-order valence-corrected chi connectivity index (χ1v) is 5.85. The van der Waals surface area contributed by atoms with Gasteiger partial charge in [0.25, 0.3) is 0 Å². The molecule has 0 bridgehead atoms. The maximum atomic E-state index is 8.76. The third-order valence-corrected chi connectivity index (χ3v) is 3.35. The van der Waals surface area contributed by atoms with Crippen LogP contribution in [0.25, 0.3) is 0 Å². The maximum Gasteiger partial charge on any atom is 0.172 e. The highest BCUT2D eigenvalue weighted by Gasteiger charge is 2.20. The molecule has 3 N–H and O–H groups in total. The Labute approximate surface area is 101 Å². The third-order valence-electron chi connectivity index (χ3n) is 3.35. The van der Waals surface area contributed by atoms with Crippen LogP contribution in [0.5, 0.6) is 0 Å². The predicted octanol–water partition coefficient (Wildman–Crippen LogP) is 1.41. The van der Waals surface area contributed by atoms with E-state index in [1.807, 2.05) is 7.05 Å². The molecule has 1 aromatic rings. The van der Waals surface area contributed by atoms with Crippen molar-refractivity contribution in [3.05, 3.63) is 24.0 Å². The summed E-state index contributed by atoms with van der Waals surface area (Å²) in [5, 5.41) is 11.8. The second-order valence-corrected chi connectivity index (χ2v) is 4.56. The number of aromatic nitrogens is 1. The van der Waals surface area contributed by atoms with Gasteiger partial charge in [-0.05, 0) is 24.8 Å². The molecule has 5 heteroatoms. The van der Waals surface area contributed by atoms with Crippen molar-refractivity contribution in [1.82, 2.24) is 4.98 Å². The first-order chi connectivity index (χ1) is 8.22. The highest BCUT2D eigenvalue weighted by Crippen LogP contribution is 2.29. The number of amidine groups is 1. The molecule has 0 unspecified atom stereocenters. The average Bonchev–Trinajstić information content (AvgIpc) is 2.32. The van der Waals surface area contributed by atoms with Crippen LogP contribution in [-0.4, -0.2) is 29.6 Å². The van der Waals surface area contributed by atoms with Gasteiger partial charge in [0.2, 0.25) is 0 Å². The molecule has 0 aromatic carbocycles. The molecule has 0 aliphatic heterocycles. The fraction of sp³-hybridized carbons (Fsp3) is 0.500. The van der Waals surface area contributed by atoms with E-state index in [2.05, 4.69) is 15.0 Å². The van der Waals surface area contributed by atoms with Gasteiger partial charge in [-0.1, -0.05) is 11.6 Å². The lowest BCUT2D eigenvalue weighted by atomic mass is 9.85. The van der Waals surface area contributed by atoms with Crippen LogP contribution in [0.4, 0.5) is 5.69 Å². The fourth-order valence-corrected chi connectivity index (χ4v) is 2.12. The largest absolute Gasteiger partial charge is 0.409 e. The molecule has 1 aliphatic carbocycles. The molecule has 2 rings (SSSR count). The van der Waals surface area contributed by atoms with Crippen LogP contribution in [0.15, 0.2) is 23.6 Å². The molecule has 1 aromatic heterocycles. The number of rotatable bonds is 4. The molecule has 1 heterocycles. The van der Waals surface area contributed by atoms with Crippen LogP contribution in [0.3, 0.4) is 0 Å². The van der Waals surface area contributed by atoms with Crippen LogP contribution in [0, 0.1) is 5.92 Å². The van der Waals surface area contributed by atoms with Crippen molar-refractivity contribution in [2.75, 3.05) is 18.5 Å². The van der Waals surface area contributed by atoms with E-state index in [0.29, 0.717) is 0 Å². The number of nitrogens with two attached hydrogens (primary N) is 1. The summed E-state index contributed by atoms with van der Waals surface area (Å²) in [6.45, 7) is 0.997. The summed E-state index contributed by atoms with van der Waals surface area (Å²) in [5.74, 6) is 0.892. The van der Waals surface area contributed by atoms with E-state index in [1.165, 1.54) is 19.3 Å². The lowest BCUT2D eigenvalue weighted by molar-refractivity contribution is 0.318. The smallest absolute Gasteiger partial charge is 0.172 e. The quantitative estimate of drug-likeness (QED) is 0.357. The Morgan fingerprint density at radius 2 is 2.41 bits per heavy atom. The van der Waals surface area contributed by atoms with Crippen molar-refractivity contribution in [3.63, 3.8) is 0 Å². The molecule has 92 valence electrons. The van der Waals surface area contributed by atoms with E-state index in [9.17, 15) is 0 Å². The summed E-state index contributed by atoms with van der Waals surface area (Å²) >= 11 is 0. The summed E-state index contributed by atoms with van der Waals surface area (Å²) in [5.41, 5.74) is 7.29. The van der Waals surface area contributed by atoms with Crippen molar-refractivity contribution in [3.8, 4) is 0 Å². The van der Waals surface area contributed by atoms with Crippen LogP contribution in [0.2, 0.25) is 0 Å². The second-order valence-electron chi connectivity index (χ2n) is 4.56. The fourth-order valence-electron chi connectivity index (χ4n) is 2.12. The Hall–Kier alpha value is -1.78. The molecular formula is C12H18N4O. The van der Waals surface area contributed by atoms with E-state index in [-0.39, 0.29) is 5.84 Å². The van der Waals surface area contributed by atoms with Gasteiger partial charge in [0, 0.05) is 25.4 Å². The van der Waals surface area contributed by atoms with Gasteiger partial charge in [-0.15, -0.1) is 0 Å². The minimum absolute atomic E-state index is 0.128. The van der Waals surface area contributed by atoms with Crippen molar-refractivity contribution in [1.29, 1.82) is 0 Å². The lowest BCUT2D eigenvalue weighted by Gasteiger charge is -2.31. The molecule has 17 heavy (non-hydrogen) atoms. The highest BCUT2D eigenvalue weighted by atomic mass is 16.4. The molecular weight excluding hydrogens is 216 g/mol. The molecule has 1 fully saturated rings. The molecule has 0 radical (unpaired) electrons. The van der Waals surface area contributed by atoms with Crippen molar-refractivity contribution in [2.24, 2.45) is 16.8 Å². The molecule has 5 nitrogen and oxygen atoms in total. The van der Waals surface area contributed by atoms with Crippen molar-refractivity contribution in [2.45, 2.75) is 19.3 Å². The maximum absolute atomic E-state index is 8.76. The summed E-state index contributed by atoms with van der Waals surface area (Å²) in [7, 11) is 2.02. The minimum atomic E-state index is 0.128. The van der Waals surface area contributed by atoms with Gasteiger partial charge in [-0.25, -0.2) is 0 Å². The normalized spacial score (nSPS) is 16.6. The molecule has 0 atom stereocenters. The number of nitrogens with zero attached hydrogens (tertiary/aromatic N) is 3. The van der Waals surface area contributed by atoms with Crippen LogP contribution >= 0.6 is 0 Å². The Kier molecular flexibility index (Phi) is 3.46. The molecule has 0 amide bonds. The Morgan fingerprint density at radius 1 is 1.65 bits per heavy atom. The van der Waals surface area contributed by atoms with Gasteiger partial charge >= 0.3 is 0 Å². The average molecular weight is 234 g/mol. The second kappa shape index (κ2) is 5.03. The summed E-state index contributed by atoms with van der Waals surface area (Å²) < 4.78 is 0. The van der Waals surface area contributed by atoms with E-state index < -0.39 is 0 Å². The van der Waals surface area contributed by atoms with Crippen molar-refractivity contribution < 1.29 is 5.21 Å². The number of oxime groups is 1. The van der Waals surface area contributed by atoms with Gasteiger partial charge in [0.1, 0.15) is 0 Å². The van der Waals surface area contributed by atoms with Gasteiger partial charge in [-0.3, -0.25) is 4.98 Å². The van der Waals surface area contributed by atoms with Crippen molar-refractivity contribution >= 4 is 11.5 Å². The molecule has 0 spiro atoms. The monoisotopic (exact) mass is 234 g/mol. The van der Waals surface area contributed by atoms with Crippen LogP contribution in [0.1, 0.15) is 24.8 Å². The first kappa shape index (κ1) is 11.7. The van der Waals surface area contributed by atoms with E-state index in [4.69, 9.17) is 10.9 Å². The first-order valence-electron chi connectivity index (χ1n) is 5.85. The zero-order chi connectivity index (χ0) is 12.3. The Morgan fingerprint density at radius 3 is 3.00 bits per heavy atom. The number of anilines is 1. The summed E-state index contributed by atoms with van der Waals surface area (Å²) in [6.07, 6.45) is 7.33. The standard InChI is InChI=1S/C12H18N4O/c1-16(8-9-3-2-4-9)11-7-14-6-5-10(11)12(13)15-17/h5-7,9,17H,2-4,8H2,1H3,(H2,13,15). The van der Waals surface area contributed by atoms with Gasteiger partial charge < -0.3 is 15.8 Å². The SMILES string of the molecule is CN(CC1CCC1)c1cnccc1/C(N)=N/O. The predicted molar refractivity (Wildman–Crippen MR) is 67.4 cm³/mol. The van der Waals surface area contributed by atoms with Crippen LogP contribution < -0.4 is 10.6 Å². The van der Waals surface area contributed by atoms with Gasteiger partial charge in [0.15, 0.2) is 5.84 Å². The van der Waals surface area contributed by atoms with E-state index >= 15 is 0 Å². The topological polar surface area (TPSA) is 74.7 Å². The molecule has 1 aliphatic rings. The zero-order valence-electron chi connectivity index (χ0n) is 10.0. The van der Waals surface area contributed by atoms with Gasteiger partial charge in [0.05, 0.1) is 11.9 Å². The Bertz CT molecular complexity index is 415. The van der Waals surface area contributed by atoms with E-state index in [0.717, 1.165) is 23.7 Å². The Balaban J connectivity index is 2.18. The molecule has 1 saturated carbocycles. The number of hydrogen-bond acceptors (Lipinski definition) is 4. The number of pyridine rings is 1.